The van der Waals surface area contributed by atoms with Gasteiger partial charge in [0.15, 0.2) is 24.5 Å². The maximum absolute atomic E-state index is 11.4. The van der Waals surface area contributed by atoms with Crippen molar-refractivity contribution in [2.75, 3.05) is 13.2 Å². The van der Waals surface area contributed by atoms with Crippen LogP contribution in [0, 0.1) is 0 Å². The molecule has 34 heavy (non-hydrogen) atoms. The van der Waals surface area contributed by atoms with Gasteiger partial charge in [0.25, 0.3) is 0 Å². The molecule has 0 unspecified atom stereocenters. The van der Waals surface area contributed by atoms with Crippen molar-refractivity contribution >= 4 is 0 Å². The van der Waals surface area contributed by atoms with Crippen molar-refractivity contribution in [1.29, 1.82) is 0 Å². The van der Waals surface area contributed by atoms with Crippen molar-refractivity contribution in [3.63, 3.8) is 0 Å². The van der Waals surface area contributed by atoms with Gasteiger partial charge in [0.05, 0.1) is 13.2 Å². The lowest BCUT2D eigenvalue weighted by molar-refractivity contribution is -0.484. The maximum Gasteiger partial charge on any atom is 0.230 e. The molecule has 0 aromatic heterocycles. The molecular formula is C17H30O17. The van der Waals surface area contributed by atoms with Gasteiger partial charge in [0.1, 0.15) is 61.0 Å². The van der Waals surface area contributed by atoms with Crippen molar-refractivity contribution in [2.45, 2.75) is 91.3 Å². The average Bonchev–Trinajstić information content (AvgIpc) is 2.81. The highest BCUT2D eigenvalue weighted by atomic mass is 16.8. The van der Waals surface area contributed by atoms with Crippen molar-refractivity contribution < 1.29 is 85.3 Å². The van der Waals surface area contributed by atoms with E-state index >= 15 is 0 Å². The summed E-state index contributed by atoms with van der Waals surface area (Å²) >= 11 is 0. The second-order valence-corrected chi connectivity index (χ2v) is 8.37. The zero-order chi connectivity index (χ0) is 25.7. The third kappa shape index (κ3) is 4.05. The summed E-state index contributed by atoms with van der Waals surface area (Å²) in [6.07, 6.45) is -29.1. The maximum atomic E-state index is 11.4. The lowest BCUT2D eigenvalue weighted by atomic mass is 9.71. The molecule has 0 aliphatic carbocycles. The number of hydrogen-bond donors (Lipinski definition) is 13. The van der Waals surface area contributed by atoms with Crippen molar-refractivity contribution in [3.8, 4) is 0 Å². The Bertz CT molecular complexity index is 693. The molecule has 0 aromatic rings. The predicted molar refractivity (Wildman–Crippen MR) is 97.6 cm³/mol. The number of hydrogen-bond acceptors (Lipinski definition) is 17. The van der Waals surface area contributed by atoms with Gasteiger partial charge in [-0.3, -0.25) is 0 Å². The zero-order valence-electron chi connectivity index (χ0n) is 17.4. The summed E-state index contributed by atoms with van der Waals surface area (Å²) in [5, 5.41) is 133. The highest BCUT2D eigenvalue weighted by molar-refractivity contribution is 5.17. The quantitative estimate of drug-likeness (QED) is 0.165. The minimum atomic E-state index is -3.51. The molecule has 3 fully saturated rings. The third-order valence-corrected chi connectivity index (χ3v) is 6.38. The standard InChI is InChI=1S/C17H30O17/c18-1-3-5(20)7(22)12(27)17(30,33-3)16(4(2-19)31-14(29)10(25)11(16)26)34-15-9(24)6(21)8(23)13(28)32-15/h3-15,18-30H,1-2H2/t3-,4-,5-,6+,7+,8+,9-,10-,11+,12-,13+,14-,15+,16-,17+/m1/s1. The minimum absolute atomic E-state index is 1.08. The summed E-state index contributed by atoms with van der Waals surface area (Å²) in [6, 6.07) is 0. The van der Waals surface area contributed by atoms with Gasteiger partial charge in [-0.25, -0.2) is 0 Å². The highest BCUT2D eigenvalue weighted by Gasteiger charge is 2.74. The van der Waals surface area contributed by atoms with Crippen LogP contribution in [-0.2, 0) is 18.9 Å². The third-order valence-electron chi connectivity index (χ3n) is 6.38. The van der Waals surface area contributed by atoms with Crippen LogP contribution in [-0.4, -0.2) is 171 Å². The molecule has 17 heteroatoms. The van der Waals surface area contributed by atoms with Crippen LogP contribution in [0.5, 0.6) is 0 Å². The highest BCUT2D eigenvalue weighted by Crippen LogP contribution is 2.48. The van der Waals surface area contributed by atoms with Crippen LogP contribution in [0.4, 0.5) is 0 Å². The molecule has 0 aromatic carbocycles. The van der Waals surface area contributed by atoms with E-state index in [1.807, 2.05) is 0 Å². The molecule has 0 radical (unpaired) electrons. The van der Waals surface area contributed by atoms with E-state index in [1.165, 1.54) is 0 Å². The van der Waals surface area contributed by atoms with Gasteiger partial charge in [-0.05, 0) is 0 Å². The molecule has 13 N–H and O–H groups in total. The first-order chi connectivity index (χ1) is 15.8. The summed E-state index contributed by atoms with van der Waals surface area (Å²) in [7, 11) is 0. The van der Waals surface area contributed by atoms with E-state index in [2.05, 4.69) is 0 Å². The Labute approximate surface area is 190 Å². The van der Waals surface area contributed by atoms with Crippen molar-refractivity contribution in [2.24, 2.45) is 0 Å². The van der Waals surface area contributed by atoms with Crippen LogP contribution in [0.25, 0.3) is 0 Å². The van der Waals surface area contributed by atoms with Gasteiger partial charge in [0.2, 0.25) is 5.79 Å². The fourth-order valence-corrected chi connectivity index (χ4v) is 4.40. The number of ether oxygens (including phenoxy) is 4. The van der Waals surface area contributed by atoms with Crippen LogP contribution >= 0.6 is 0 Å². The van der Waals surface area contributed by atoms with Crippen LogP contribution in [0.15, 0.2) is 0 Å². The SMILES string of the molecule is OC[C@H]1O[C@](O)([C@@]2(O[C@@H]3O[C@H](O)[C@@H](O)[C@H](O)[C@H]3O)[C@@H](CO)O[C@@H](O)[C@H](O)[C@@H]2O)[C@H](O)[C@@H](O)[C@@H]1O. The first-order valence-corrected chi connectivity index (χ1v) is 10.2. The number of aliphatic hydroxyl groups is 13. The average molecular weight is 506 g/mol. The van der Waals surface area contributed by atoms with Gasteiger partial charge in [0, 0.05) is 0 Å². The lowest BCUT2D eigenvalue weighted by Gasteiger charge is -2.60. The van der Waals surface area contributed by atoms with Gasteiger partial charge in [-0.15, -0.1) is 0 Å². The molecule has 3 aliphatic heterocycles. The van der Waals surface area contributed by atoms with Gasteiger partial charge >= 0.3 is 0 Å². The van der Waals surface area contributed by atoms with E-state index in [0.717, 1.165) is 0 Å². The fraction of sp³-hybridized carbons (Fsp3) is 1.00. The molecule has 0 amide bonds. The Morgan fingerprint density at radius 3 is 1.76 bits per heavy atom. The molecule has 3 saturated heterocycles. The largest absolute Gasteiger partial charge is 0.394 e. The second kappa shape index (κ2) is 10.00. The Morgan fingerprint density at radius 1 is 0.618 bits per heavy atom. The number of rotatable bonds is 5. The van der Waals surface area contributed by atoms with Crippen LogP contribution in [0.2, 0.25) is 0 Å². The van der Waals surface area contributed by atoms with E-state index < -0.39 is 105 Å². The smallest absolute Gasteiger partial charge is 0.230 e. The fourth-order valence-electron chi connectivity index (χ4n) is 4.40. The Balaban J connectivity index is 2.16. The number of aliphatic hydroxyl groups excluding tert-OH is 12. The van der Waals surface area contributed by atoms with E-state index in [4.69, 9.17) is 18.9 Å². The van der Waals surface area contributed by atoms with Gasteiger partial charge in [-0.1, -0.05) is 0 Å². The normalized spacial score (nSPS) is 56.9. The van der Waals surface area contributed by atoms with Gasteiger partial charge < -0.3 is 85.3 Å². The molecule has 0 bridgehead atoms. The molecule has 3 heterocycles. The first kappa shape index (κ1) is 27.9. The van der Waals surface area contributed by atoms with Gasteiger partial charge in [-0.2, -0.15) is 0 Å². The minimum Gasteiger partial charge on any atom is -0.394 e. The molecule has 15 atom stereocenters. The second-order valence-electron chi connectivity index (χ2n) is 8.37. The van der Waals surface area contributed by atoms with Crippen LogP contribution < -0.4 is 0 Å². The molecule has 0 saturated carbocycles. The molecule has 17 nitrogen and oxygen atoms in total. The first-order valence-electron chi connectivity index (χ1n) is 10.2. The van der Waals surface area contributed by atoms with E-state index in [0.29, 0.717) is 0 Å². The summed E-state index contributed by atoms with van der Waals surface area (Å²) in [4.78, 5) is 0. The molecular weight excluding hydrogens is 476 g/mol. The molecule has 3 rings (SSSR count). The molecule has 200 valence electrons. The lowest BCUT2D eigenvalue weighted by Crippen LogP contribution is -2.84. The summed E-state index contributed by atoms with van der Waals surface area (Å²) in [5.41, 5.74) is -3.23. The van der Waals surface area contributed by atoms with Crippen LogP contribution in [0.1, 0.15) is 0 Å². The van der Waals surface area contributed by atoms with E-state index in [1.54, 1.807) is 0 Å². The summed E-state index contributed by atoms with van der Waals surface area (Å²) in [5.74, 6) is -3.51. The van der Waals surface area contributed by atoms with E-state index in [-0.39, 0.29) is 0 Å². The Kier molecular flexibility index (Phi) is 8.20. The van der Waals surface area contributed by atoms with E-state index in [9.17, 15) is 66.4 Å². The Hall–Kier alpha value is -0.680. The van der Waals surface area contributed by atoms with Crippen molar-refractivity contribution in [1.82, 2.24) is 0 Å². The Morgan fingerprint density at radius 2 is 1.21 bits per heavy atom. The topological polar surface area (TPSA) is 300 Å². The summed E-state index contributed by atoms with van der Waals surface area (Å²) in [6.45, 7) is -2.35. The summed E-state index contributed by atoms with van der Waals surface area (Å²) < 4.78 is 20.4. The molecule has 0 spiro atoms. The predicted octanol–water partition coefficient (Wildman–Crippen LogP) is -8.91. The van der Waals surface area contributed by atoms with Crippen LogP contribution in [0.3, 0.4) is 0 Å². The zero-order valence-corrected chi connectivity index (χ0v) is 17.4. The monoisotopic (exact) mass is 506 g/mol. The van der Waals surface area contributed by atoms with Crippen molar-refractivity contribution in [3.05, 3.63) is 0 Å². The molecule has 3 aliphatic rings.